The molecule has 0 unspecified atom stereocenters. The normalized spacial score (nSPS) is 13.8. The number of nitrogens with one attached hydrogen (secondary N) is 1. The van der Waals surface area contributed by atoms with Gasteiger partial charge in [0.25, 0.3) is 5.91 Å². The number of carbonyl (C=O) groups excluding carboxylic acids is 3. The van der Waals surface area contributed by atoms with Gasteiger partial charge in [0.2, 0.25) is 5.91 Å². The van der Waals surface area contributed by atoms with E-state index >= 15 is 0 Å². The predicted octanol–water partition coefficient (Wildman–Crippen LogP) is 4.46. The van der Waals surface area contributed by atoms with E-state index in [0.29, 0.717) is 67.5 Å². The van der Waals surface area contributed by atoms with Gasteiger partial charge in [-0.2, -0.15) is 0 Å². The van der Waals surface area contributed by atoms with Gasteiger partial charge in [0, 0.05) is 31.1 Å². The summed E-state index contributed by atoms with van der Waals surface area (Å²) in [7, 11) is 0. The van der Waals surface area contributed by atoms with Gasteiger partial charge in [-0.25, -0.2) is 4.79 Å². The van der Waals surface area contributed by atoms with Crippen LogP contribution in [-0.4, -0.2) is 55.2 Å². The Morgan fingerprint density at radius 1 is 1.06 bits per heavy atom. The van der Waals surface area contributed by atoms with E-state index in [4.69, 9.17) is 25.8 Å². The topological polar surface area (TPSA) is 94.2 Å². The van der Waals surface area contributed by atoms with E-state index in [9.17, 15) is 14.4 Å². The zero-order valence-electron chi connectivity index (χ0n) is 19.1. The van der Waals surface area contributed by atoms with Crippen LogP contribution in [0.3, 0.4) is 0 Å². The molecule has 0 bridgehead atoms. The molecule has 0 atom stereocenters. The Kier molecular flexibility index (Phi) is 9.58. The van der Waals surface area contributed by atoms with Crippen LogP contribution in [0, 0.1) is 0 Å². The van der Waals surface area contributed by atoms with Gasteiger partial charge in [0.05, 0.1) is 18.2 Å². The minimum Gasteiger partial charge on any atom is -0.492 e. The first-order valence-electron chi connectivity index (χ1n) is 11.4. The number of benzene rings is 2. The molecule has 1 heterocycles. The van der Waals surface area contributed by atoms with Gasteiger partial charge in [-0.1, -0.05) is 23.7 Å². The fourth-order valence-electron chi connectivity index (χ4n) is 3.59. The van der Waals surface area contributed by atoms with Crippen molar-refractivity contribution in [1.82, 2.24) is 10.2 Å². The molecule has 3 rings (SSSR count). The number of carbonyl (C=O) groups is 3. The number of halogens is 1. The van der Waals surface area contributed by atoms with Gasteiger partial charge in [-0.3, -0.25) is 9.59 Å². The third-order valence-corrected chi connectivity index (χ3v) is 5.70. The number of hydrogen-bond acceptors (Lipinski definition) is 6. The number of nitrogens with zero attached hydrogens (tertiary/aromatic N) is 1. The van der Waals surface area contributed by atoms with Crippen molar-refractivity contribution in [3.63, 3.8) is 0 Å². The van der Waals surface area contributed by atoms with E-state index in [1.165, 1.54) is 0 Å². The molecule has 9 heteroatoms. The lowest BCUT2D eigenvalue weighted by Gasteiger charge is -2.32. The highest BCUT2D eigenvalue weighted by Gasteiger charge is 2.24. The summed E-state index contributed by atoms with van der Waals surface area (Å²) in [5, 5.41) is 3.56. The van der Waals surface area contributed by atoms with E-state index < -0.39 is 6.16 Å². The van der Waals surface area contributed by atoms with Crippen LogP contribution >= 0.6 is 11.6 Å². The van der Waals surface area contributed by atoms with Crippen LogP contribution in [0.15, 0.2) is 48.5 Å². The lowest BCUT2D eigenvalue weighted by molar-refractivity contribution is -0.132. The fraction of sp³-hybridized carbons (Fsp3) is 0.400. The highest BCUT2D eigenvalue weighted by Crippen LogP contribution is 2.23. The average molecular weight is 489 g/mol. The van der Waals surface area contributed by atoms with Crippen LogP contribution in [0.25, 0.3) is 0 Å². The maximum atomic E-state index is 12.5. The smallest absolute Gasteiger partial charge is 0.492 e. The van der Waals surface area contributed by atoms with Crippen molar-refractivity contribution in [2.24, 2.45) is 0 Å². The van der Waals surface area contributed by atoms with Crippen molar-refractivity contribution < 1.29 is 28.6 Å². The molecule has 2 aromatic carbocycles. The second-order valence-corrected chi connectivity index (χ2v) is 8.23. The molecule has 0 aliphatic carbocycles. The highest BCUT2D eigenvalue weighted by atomic mass is 35.5. The second-order valence-electron chi connectivity index (χ2n) is 7.82. The van der Waals surface area contributed by atoms with Gasteiger partial charge in [0.15, 0.2) is 0 Å². The summed E-state index contributed by atoms with van der Waals surface area (Å²) in [5.41, 5.74) is 0.466. The van der Waals surface area contributed by atoms with Crippen LogP contribution in [-0.2, 0) is 9.53 Å². The van der Waals surface area contributed by atoms with Crippen LogP contribution in [0.5, 0.6) is 11.5 Å². The number of rotatable bonds is 9. The third-order valence-electron chi connectivity index (χ3n) is 5.39. The van der Waals surface area contributed by atoms with Crippen molar-refractivity contribution in [3.8, 4) is 11.5 Å². The van der Waals surface area contributed by atoms with E-state index in [-0.39, 0.29) is 24.5 Å². The van der Waals surface area contributed by atoms with E-state index in [0.717, 1.165) is 0 Å². The molecular formula is C25H29ClN2O6. The summed E-state index contributed by atoms with van der Waals surface area (Å²) < 4.78 is 15.3. The van der Waals surface area contributed by atoms with Crippen LogP contribution in [0.1, 0.15) is 43.0 Å². The van der Waals surface area contributed by atoms with Crippen LogP contribution in [0.2, 0.25) is 5.02 Å². The second kappa shape index (κ2) is 12.8. The Hall–Kier alpha value is -3.26. The number of para-hydroxylation sites is 1. The SMILES string of the molecule is CCOC(=O)Oc1ccc(C(=O)NC2CCN(C(=O)CCCOc3ccccc3Cl)CC2)cc1. The van der Waals surface area contributed by atoms with Gasteiger partial charge in [-0.15, -0.1) is 0 Å². The van der Waals surface area contributed by atoms with E-state index in [1.807, 2.05) is 17.0 Å². The molecule has 0 spiro atoms. The maximum absolute atomic E-state index is 12.5. The minimum atomic E-state index is -0.783. The van der Waals surface area contributed by atoms with Gasteiger partial charge >= 0.3 is 6.16 Å². The highest BCUT2D eigenvalue weighted by molar-refractivity contribution is 6.32. The number of ether oxygens (including phenoxy) is 3. The molecule has 1 N–H and O–H groups in total. The molecule has 0 aromatic heterocycles. The molecule has 34 heavy (non-hydrogen) atoms. The maximum Gasteiger partial charge on any atom is 0.513 e. The predicted molar refractivity (Wildman–Crippen MR) is 127 cm³/mol. The molecule has 1 fully saturated rings. The summed E-state index contributed by atoms with van der Waals surface area (Å²) in [6.07, 6.45) is 1.61. The first-order chi connectivity index (χ1) is 16.5. The Labute approximate surface area is 204 Å². The first-order valence-corrected chi connectivity index (χ1v) is 11.7. The summed E-state index contributed by atoms with van der Waals surface area (Å²) in [6.45, 7) is 3.53. The van der Waals surface area contributed by atoms with E-state index in [1.54, 1.807) is 43.3 Å². The molecule has 2 aromatic rings. The lowest BCUT2D eigenvalue weighted by Crippen LogP contribution is -2.46. The first kappa shape index (κ1) is 25.4. The number of piperidine rings is 1. The largest absolute Gasteiger partial charge is 0.513 e. The van der Waals surface area contributed by atoms with Crippen molar-refractivity contribution >= 4 is 29.6 Å². The number of amides is 2. The summed E-state index contributed by atoms with van der Waals surface area (Å²) in [6, 6.07) is 13.5. The van der Waals surface area contributed by atoms with Crippen molar-refractivity contribution in [3.05, 3.63) is 59.1 Å². The Balaban J connectivity index is 1.35. The molecule has 2 amide bonds. The summed E-state index contributed by atoms with van der Waals surface area (Å²) in [5.74, 6) is 0.808. The molecule has 0 radical (unpaired) electrons. The molecule has 182 valence electrons. The monoisotopic (exact) mass is 488 g/mol. The Morgan fingerprint density at radius 2 is 1.76 bits per heavy atom. The Morgan fingerprint density at radius 3 is 2.44 bits per heavy atom. The molecule has 1 saturated heterocycles. The molecule has 8 nitrogen and oxygen atoms in total. The fourth-order valence-corrected chi connectivity index (χ4v) is 3.78. The lowest BCUT2D eigenvalue weighted by atomic mass is 10.0. The standard InChI is InChI=1S/C25H29ClN2O6/c1-2-32-25(31)34-20-11-9-18(10-12-20)24(30)27-19-13-15-28(16-14-19)23(29)8-5-17-33-22-7-4-3-6-21(22)26/h3-4,6-7,9-12,19H,2,5,8,13-17H2,1H3,(H,27,30). The third kappa shape index (κ3) is 7.66. The van der Waals surface area contributed by atoms with Gasteiger partial charge < -0.3 is 24.4 Å². The van der Waals surface area contributed by atoms with Crippen LogP contribution in [0.4, 0.5) is 4.79 Å². The van der Waals surface area contributed by atoms with Crippen molar-refractivity contribution in [2.45, 2.75) is 38.6 Å². The zero-order valence-corrected chi connectivity index (χ0v) is 19.9. The van der Waals surface area contributed by atoms with Gasteiger partial charge in [-0.05, 0) is 62.6 Å². The van der Waals surface area contributed by atoms with Crippen molar-refractivity contribution in [1.29, 1.82) is 0 Å². The number of hydrogen-bond donors (Lipinski definition) is 1. The zero-order chi connectivity index (χ0) is 24.3. The van der Waals surface area contributed by atoms with Gasteiger partial charge in [0.1, 0.15) is 11.5 Å². The van der Waals surface area contributed by atoms with E-state index in [2.05, 4.69) is 5.32 Å². The number of likely N-dealkylation sites (tertiary alicyclic amines) is 1. The molecule has 1 aliphatic heterocycles. The molecule has 0 saturated carbocycles. The molecular weight excluding hydrogens is 460 g/mol. The van der Waals surface area contributed by atoms with Crippen LogP contribution < -0.4 is 14.8 Å². The Bertz CT molecular complexity index is 974. The minimum absolute atomic E-state index is 0.00411. The summed E-state index contributed by atoms with van der Waals surface area (Å²) in [4.78, 5) is 38.2. The molecule has 1 aliphatic rings. The average Bonchev–Trinajstić information content (AvgIpc) is 2.83. The quantitative estimate of drug-likeness (QED) is 0.318. The van der Waals surface area contributed by atoms with Crippen molar-refractivity contribution in [2.75, 3.05) is 26.3 Å². The summed E-state index contributed by atoms with van der Waals surface area (Å²) >= 11 is 6.06.